The van der Waals surface area contributed by atoms with Crippen molar-refractivity contribution >= 4 is 23.6 Å². The van der Waals surface area contributed by atoms with Crippen molar-refractivity contribution in [2.24, 2.45) is 5.92 Å². The van der Waals surface area contributed by atoms with E-state index in [0.717, 1.165) is 41.7 Å². The van der Waals surface area contributed by atoms with Crippen molar-refractivity contribution in [3.05, 3.63) is 65.2 Å². The molecule has 1 saturated heterocycles. The summed E-state index contributed by atoms with van der Waals surface area (Å²) in [6.07, 6.45) is 3.33. The highest BCUT2D eigenvalue weighted by Gasteiger charge is 2.32. The van der Waals surface area contributed by atoms with Crippen LogP contribution < -0.4 is 20.7 Å². The quantitative estimate of drug-likeness (QED) is 0.342. The van der Waals surface area contributed by atoms with Crippen LogP contribution in [-0.2, 0) is 41.6 Å². The van der Waals surface area contributed by atoms with Gasteiger partial charge in [0.2, 0.25) is 23.6 Å². The molecule has 1 unspecified atom stereocenters. The maximum absolute atomic E-state index is 13.8. The molecule has 3 atom stereocenters. The van der Waals surface area contributed by atoms with Gasteiger partial charge in [0.1, 0.15) is 17.8 Å². The van der Waals surface area contributed by atoms with E-state index in [1.165, 1.54) is 0 Å². The molecule has 2 aliphatic heterocycles. The Labute approximate surface area is 271 Å². The van der Waals surface area contributed by atoms with Gasteiger partial charge in [-0.05, 0) is 73.8 Å². The molecule has 46 heavy (non-hydrogen) atoms. The Morgan fingerprint density at radius 1 is 1.04 bits per heavy atom. The van der Waals surface area contributed by atoms with Crippen molar-refractivity contribution in [1.29, 1.82) is 0 Å². The first-order valence-corrected chi connectivity index (χ1v) is 16.3. The van der Waals surface area contributed by atoms with Crippen molar-refractivity contribution in [1.82, 2.24) is 20.9 Å². The first kappa shape index (κ1) is 34.9. The van der Waals surface area contributed by atoms with Crippen LogP contribution >= 0.6 is 0 Å². The fraction of sp³-hybridized carbons (Fsp3) is 0.543. The van der Waals surface area contributed by atoms with E-state index < -0.39 is 23.9 Å². The van der Waals surface area contributed by atoms with Crippen molar-refractivity contribution < 1.29 is 33.4 Å². The minimum atomic E-state index is -1.15. The summed E-state index contributed by atoms with van der Waals surface area (Å²) in [4.78, 5) is 55.6. The molecule has 0 aromatic heterocycles. The summed E-state index contributed by atoms with van der Waals surface area (Å²) in [5, 5.41) is 8.60. The van der Waals surface area contributed by atoms with Crippen LogP contribution in [0.2, 0.25) is 0 Å². The predicted molar refractivity (Wildman–Crippen MR) is 173 cm³/mol. The number of rotatable bonds is 10. The molecule has 2 heterocycles. The number of methoxy groups -OCH3 is 1. The van der Waals surface area contributed by atoms with Gasteiger partial charge in [0.15, 0.2) is 0 Å². The fourth-order valence-corrected chi connectivity index (χ4v) is 5.79. The van der Waals surface area contributed by atoms with Gasteiger partial charge in [-0.1, -0.05) is 36.4 Å². The van der Waals surface area contributed by atoms with E-state index in [4.69, 9.17) is 14.2 Å². The lowest BCUT2D eigenvalue weighted by molar-refractivity contribution is -0.138. The average molecular weight is 637 g/mol. The van der Waals surface area contributed by atoms with Crippen molar-refractivity contribution in [2.45, 2.75) is 70.5 Å². The number of aryl methyl sites for hydroxylation is 2. The van der Waals surface area contributed by atoms with Gasteiger partial charge in [0.25, 0.3) is 0 Å². The van der Waals surface area contributed by atoms with E-state index in [1.807, 2.05) is 55.5 Å². The van der Waals surface area contributed by atoms with Crippen molar-refractivity contribution in [2.75, 3.05) is 46.6 Å². The molecule has 0 spiro atoms. The monoisotopic (exact) mass is 636 g/mol. The Balaban J connectivity index is 1.55. The summed E-state index contributed by atoms with van der Waals surface area (Å²) < 4.78 is 16.5. The number of nitrogens with zero attached hydrogens (tertiary/aromatic N) is 1. The highest BCUT2D eigenvalue weighted by molar-refractivity contribution is 5.95. The number of ether oxygens (including phenoxy) is 3. The largest absolute Gasteiger partial charge is 0.494 e. The number of carbonyl (C=O) groups is 4. The van der Waals surface area contributed by atoms with Gasteiger partial charge in [0, 0.05) is 33.2 Å². The Bertz CT molecular complexity index is 1310. The molecule has 11 heteroatoms. The fourth-order valence-electron chi connectivity index (χ4n) is 5.79. The second-order valence-corrected chi connectivity index (χ2v) is 12.1. The number of amides is 4. The smallest absolute Gasteiger partial charge is 0.243 e. The predicted octanol–water partition coefficient (Wildman–Crippen LogP) is 2.68. The van der Waals surface area contributed by atoms with Crippen LogP contribution in [0.15, 0.2) is 48.5 Å². The third-order valence-electron chi connectivity index (χ3n) is 8.57. The zero-order valence-corrected chi connectivity index (χ0v) is 27.1. The zero-order chi connectivity index (χ0) is 32.7. The minimum absolute atomic E-state index is 0.0177. The van der Waals surface area contributed by atoms with E-state index >= 15 is 0 Å². The van der Waals surface area contributed by atoms with Gasteiger partial charge in [0.05, 0.1) is 32.8 Å². The van der Waals surface area contributed by atoms with Gasteiger partial charge in [-0.3, -0.25) is 19.2 Å². The van der Waals surface area contributed by atoms with Crippen LogP contribution in [0.25, 0.3) is 0 Å². The Morgan fingerprint density at radius 2 is 1.87 bits per heavy atom. The highest BCUT2D eigenvalue weighted by Crippen LogP contribution is 2.23. The molecule has 4 amide bonds. The molecule has 0 radical (unpaired) electrons. The number of nitrogens with one attached hydrogen (secondary N) is 3. The molecule has 1 fully saturated rings. The molecular weight excluding hydrogens is 588 g/mol. The standard InChI is InChI=1S/C35H48N4O7/c1-25-10-12-29-21-28(25)23-36-34(42)30(13-11-26-7-4-3-5-8-26)38-35(43)31(37-32(40)15-17-45-20-19-44-2)22-33(41)39-16-6-9-27(24-39)14-18-46-29/h3-5,7-8,10,12,21,27,30-31H,6,9,11,13-20,22-24H2,1-2H3,(H,36,42)(H,37,40)(H,38,43)/t27?,30-,31-/m0/s1. The van der Waals surface area contributed by atoms with Crippen LogP contribution in [0.5, 0.6) is 5.75 Å². The van der Waals surface area contributed by atoms with Crippen LogP contribution in [0.3, 0.4) is 0 Å². The molecule has 250 valence electrons. The lowest BCUT2D eigenvalue weighted by Crippen LogP contribution is -2.55. The SMILES string of the molecule is COCCOCCC(=O)N[C@H]1CC(=O)N2CCCC(CCOc3ccc(C)c(c3)CNC(=O)[C@H](CCc3ccccc3)NC1=O)C2. The van der Waals surface area contributed by atoms with E-state index in [9.17, 15) is 19.2 Å². The molecule has 2 aromatic rings. The number of carbonyl (C=O) groups excluding carboxylic acids is 4. The lowest BCUT2D eigenvalue weighted by atomic mass is 9.94. The summed E-state index contributed by atoms with van der Waals surface area (Å²) in [7, 11) is 1.56. The Morgan fingerprint density at radius 3 is 2.67 bits per heavy atom. The van der Waals surface area contributed by atoms with Gasteiger partial charge in [-0.2, -0.15) is 0 Å². The van der Waals surface area contributed by atoms with Gasteiger partial charge in [-0.15, -0.1) is 0 Å². The molecule has 11 nitrogen and oxygen atoms in total. The van der Waals surface area contributed by atoms with Crippen LogP contribution in [-0.4, -0.2) is 87.2 Å². The van der Waals surface area contributed by atoms with E-state index in [1.54, 1.807) is 12.0 Å². The molecule has 0 aliphatic carbocycles. The molecular formula is C35H48N4O7. The minimum Gasteiger partial charge on any atom is -0.494 e. The Kier molecular flexibility index (Phi) is 13.8. The van der Waals surface area contributed by atoms with E-state index in [-0.39, 0.29) is 43.7 Å². The maximum Gasteiger partial charge on any atom is 0.243 e. The normalized spacial score (nSPS) is 21.3. The van der Waals surface area contributed by atoms with Crippen LogP contribution in [0, 0.1) is 12.8 Å². The third-order valence-corrected chi connectivity index (χ3v) is 8.57. The molecule has 2 aromatic carbocycles. The zero-order valence-electron chi connectivity index (χ0n) is 27.1. The summed E-state index contributed by atoms with van der Waals surface area (Å²) in [6, 6.07) is 13.5. The van der Waals surface area contributed by atoms with Crippen LogP contribution in [0.4, 0.5) is 0 Å². The number of fused-ring (bicyclic) bond motifs is 4. The molecule has 0 saturated carbocycles. The average Bonchev–Trinajstić information content (AvgIpc) is 3.06. The van der Waals surface area contributed by atoms with E-state index in [0.29, 0.717) is 45.8 Å². The molecule has 3 N–H and O–H groups in total. The van der Waals surface area contributed by atoms with E-state index in [2.05, 4.69) is 16.0 Å². The second-order valence-electron chi connectivity index (χ2n) is 12.1. The van der Waals surface area contributed by atoms with Gasteiger partial charge >= 0.3 is 0 Å². The summed E-state index contributed by atoms with van der Waals surface area (Å²) in [6.45, 7) is 4.81. The van der Waals surface area contributed by atoms with Crippen molar-refractivity contribution in [3.63, 3.8) is 0 Å². The topological polar surface area (TPSA) is 135 Å². The van der Waals surface area contributed by atoms with Crippen LogP contribution in [0.1, 0.15) is 55.2 Å². The number of hydrogen-bond acceptors (Lipinski definition) is 7. The summed E-state index contributed by atoms with van der Waals surface area (Å²) >= 11 is 0. The maximum atomic E-state index is 13.8. The number of piperidine rings is 1. The highest BCUT2D eigenvalue weighted by atomic mass is 16.5. The molecule has 2 aliphatic rings. The molecule has 4 rings (SSSR count). The molecule has 4 bridgehead atoms. The number of hydrogen-bond donors (Lipinski definition) is 3. The first-order chi connectivity index (χ1) is 22.3. The van der Waals surface area contributed by atoms with Crippen molar-refractivity contribution in [3.8, 4) is 5.75 Å². The second kappa shape index (κ2) is 18.3. The van der Waals surface area contributed by atoms with Gasteiger partial charge < -0.3 is 35.1 Å². The Hall–Kier alpha value is -3.96. The lowest BCUT2D eigenvalue weighted by Gasteiger charge is -2.34. The first-order valence-electron chi connectivity index (χ1n) is 16.3. The third kappa shape index (κ3) is 11.1. The summed E-state index contributed by atoms with van der Waals surface area (Å²) in [5.74, 6) is -0.543. The number of benzene rings is 2. The summed E-state index contributed by atoms with van der Waals surface area (Å²) in [5.41, 5.74) is 2.97. The van der Waals surface area contributed by atoms with Gasteiger partial charge in [-0.25, -0.2) is 0 Å².